The molecular weight excluding hydrogens is 222 g/mol. The molecule has 2 saturated carbocycles. The van der Waals surface area contributed by atoms with Crippen LogP contribution in [0.25, 0.3) is 0 Å². The molecule has 2 unspecified atom stereocenters. The van der Waals surface area contributed by atoms with E-state index >= 15 is 0 Å². The molecule has 2 fully saturated rings. The first-order chi connectivity index (χ1) is 8.66. The van der Waals surface area contributed by atoms with Gasteiger partial charge in [-0.15, -0.1) is 0 Å². The zero-order valence-corrected chi connectivity index (χ0v) is 11.7. The summed E-state index contributed by atoms with van der Waals surface area (Å²) in [5.74, 6) is 0.779. The first-order valence-corrected chi connectivity index (χ1v) is 7.79. The van der Waals surface area contributed by atoms with Crippen LogP contribution in [-0.2, 0) is 0 Å². The van der Waals surface area contributed by atoms with Crippen molar-refractivity contribution >= 4 is 0 Å². The van der Waals surface area contributed by atoms with Crippen molar-refractivity contribution in [2.45, 2.75) is 83.2 Å². The second-order valence-electron chi connectivity index (χ2n) is 6.52. The highest BCUT2D eigenvalue weighted by Gasteiger charge is 2.52. The van der Waals surface area contributed by atoms with Gasteiger partial charge < -0.3 is 5.11 Å². The van der Waals surface area contributed by atoms with Gasteiger partial charge >= 0.3 is 0 Å². The van der Waals surface area contributed by atoms with Gasteiger partial charge in [0.05, 0.1) is 17.1 Å². The van der Waals surface area contributed by atoms with Gasteiger partial charge in [0.1, 0.15) is 0 Å². The molecule has 102 valence electrons. The van der Waals surface area contributed by atoms with Gasteiger partial charge in [-0.2, -0.15) is 5.26 Å². The summed E-state index contributed by atoms with van der Waals surface area (Å²) in [6, 6.07) is 2.51. The second kappa shape index (κ2) is 5.61. The quantitative estimate of drug-likeness (QED) is 0.762. The van der Waals surface area contributed by atoms with E-state index in [1.807, 2.05) is 0 Å². The summed E-state index contributed by atoms with van der Waals surface area (Å²) >= 11 is 0. The van der Waals surface area contributed by atoms with Crippen molar-refractivity contribution in [1.29, 1.82) is 5.26 Å². The highest BCUT2D eigenvalue weighted by atomic mass is 16.3. The molecule has 2 rings (SSSR count). The van der Waals surface area contributed by atoms with Crippen LogP contribution < -0.4 is 0 Å². The minimum absolute atomic E-state index is 0.423. The van der Waals surface area contributed by atoms with Crippen LogP contribution in [0.5, 0.6) is 0 Å². The number of nitrogens with zero attached hydrogens (tertiary/aromatic N) is 1. The lowest BCUT2D eigenvalue weighted by atomic mass is 9.67. The highest BCUT2D eigenvalue weighted by Crippen LogP contribution is 2.52. The number of hydrogen-bond acceptors (Lipinski definition) is 2. The van der Waals surface area contributed by atoms with Gasteiger partial charge in [0, 0.05) is 0 Å². The van der Waals surface area contributed by atoms with Crippen LogP contribution >= 0.6 is 0 Å². The Morgan fingerprint density at radius 1 is 1.11 bits per heavy atom. The predicted molar refractivity (Wildman–Crippen MR) is 72.9 cm³/mol. The fraction of sp³-hybridized carbons (Fsp3) is 0.938. The summed E-state index contributed by atoms with van der Waals surface area (Å²) in [4.78, 5) is 0. The molecule has 0 amide bonds. The fourth-order valence-corrected chi connectivity index (χ4v) is 4.23. The summed E-state index contributed by atoms with van der Waals surface area (Å²) in [5.41, 5.74) is -1.12. The molecule has 18 heavy (non-hydrogen) atoms. The van der Waals surface area contributed by atoms with Crippen molar-refractivity contribution in [1.82, 2.24) is 0 Å². The van der Waals surface area contributed by atoms with Crippen LogP contribution in [0.4, 0.5) is 0 Å². The zero-order valence-electron chi connectivity index (χ0n) is 11.7. The van der Waals surface area contributed by atoms with Gasteiger partial charge in [-0.05, 0) is 38.0 Å². The van der Waals surface area contributed by atoms with E-state index in [-0.39, 0.29) is 0 Å². The summed E-state index contributed by atoms with van der Waals surface area (Å²) in [6.45, 7) is 2.24. The number of hydrogen-bond donors (Lipinski definition) is 1. The highest BCUT2D eigenvalue weighted by molar-refractivity contribution is 5.14. The van der Waals surface area contributed by atoms with Crippen LogP contribution in [0.3, 0.4) is 0 Å². The SMILES string of the molecule is CCCC1CCCC(O)(C2(C#N)CCCC2)CC1. The van der Waals surface area contributed by atoms with Crippen LogP contribution in [0, 0.1) is 22.7 Å². The molecule has 2 aliphatic carbocycles. The maximum Gasteiger partial charge on any atom is 0.0860 e. The predicted octanol–water partition coefficient (Wildman–Crippen LogP) is 4.18. The Labute approximate surface area is 111 Å². The molecule has 1 N–H and O–H groups in total. The van der Waals surface area contributed by atoms with Crippen molar-refractivity contribution in [2.75, 3.05) is 0 Å². The van der Waals surface area contributed by atoms with Crippen LogP contribution in [0.2, 0.25) is 0 Å². The molecule has 0 saturated heterocycles. The standard InChI is InChI=1S/C16H27NO/c1-2-6-14-7-5-11-16(18,12-8-14)15(13-17)9-3-4-10-15/h14,18H,2-12H2,1H3. The van der Waals surface area contributed by atoms with Crippen molar-refractivity contribution < 1.29 is 5.11 Å². The second-order valence-corrected chi connectivity index (χ2v) is 6.52. The molecule has 2 aliphatic rings. The Kier molecular flexibility index (Phi) is 4.33. The third-order valence-electron chi connectivity index (χ3n) is 5.43. The molecule has 2 nitrogen and oxygen atoms in total. The third kappa shape index (κ3) is 2.43. The summed E-state index contributed by atoms with van der Waals surface area (Å²) in [7, 11) is 0. The monoisotopic (exact) mass is 249 g/mol. The van der Waals surface area contributed by atoms with E-state index in [2.05, 4.69) is 13.0 Å². The summed E-state index contributed by atoms with van der Waals surface area (Å²) in [5, 5.41) is 20.7. The van der Waals surface area contributed by atoms with Gasteiger partial charge in [-0.3, -0.25) is 0 Å². The van der Waals surface area contributed by atoms with Crippen molar-refractivity contribution in [3.63, 3.8) is 0 Å². The average Bonchev–Trinajstić information content (AvgIpc) is 2.79. The Bertz CT molecular complexity index is 314. The third-order valence-corrected chi connectivity index (χ3v) is 5.43. The minimum atomic E-state index is -0.694. The van der Waals surface area contributed by atoms with Crippen molar-refractivity contribution in [3.05, 3.63) is 0 Å². The number of nitriles is 1. The number of rotatable bonds is 3. The van der Waals surface area contributed by atoms with E-state index < -0.39 is 11.0 Å². The lowest BCUT2D eigenvalue weighted by molar-refractivity contribution is -0.0656. The smallest absolute Gasteiger partial charge is 0.0860 e. The summed E-state index contributed by atoms with van der Waals surface area (Å²) < 4.78 is 0. The van der Waals surface area contributed by atoms with Gasteiger partial charge in [0.15, 0.2) is 0 Å². The Hall–Kier alpha value is -0.550. The fourth-order valence-electron chi connectivity index (χ4n) is 4.23. The first-order valence-electron chi connectivity index (χ1n) is 7.79. The molecule has 0 heterocycles. The van der Waals surface area contributed by atoms with E-state index in [4.69, 9.17) is 0 Å². The van der Waals surface area contributed by atoms with Gasteiger partial charge in [-0.1, -0.05) is 45.4 Å². The molecular formula is C16H27NO. The van der Waals surface area contributed by atoms with E-state index in [9.17, 15) is 10.4 Å². The lowest BCUT2D eigenvalue weighted by Crippen LogP contribution is -2.45. The molecule has 0 aromatic rings. The molecule has 0 bridgehead atoms. The molecule has 0 aromatic heterocycles. The molecule has 2 heteroatoms. The summed E-state index contributed by atoms with van der Waals surface area (Å²) in [6.07, 6.45) is 11.8. The largest absolute Gasteiger partial charge is 0.388 e. The maximum absolute atomic E-state index is 11.1. The van der Waals surface area contributed by atoms with E-state index in [1.54, 1.807) is 0 Å². The normalized spacial score (nSPS) is 35.9. The topological polar surface area (TPSA) is 44.0 Å². The van der Waals surface area contributed by atoms with Crippen molar-refractivity contribution in [3.8, 4) is 6.07 Å². The molecule has 0 aromatic carbocycles. The average molecular weight is 249 g/mol. The van der Waals surface area contributed by atoms with Gasteiger partial charge in [0.2, 0.25) is 0 Å². The van der Waals surface area contributed by atoms with Gasteiger partial charge in [-0.25, -0.2) is 0 Å². The maximum atomic E-state index is 11.1. The van der Waals surface area contributed by atoms with E-state index in [1.165, 1.54) is 19.3 Å². The number of aliphatic hydroxyl groups is 1. The van der Waals surface area contributed by atoms with Crippen LogP contribution in [0.15, 0.2) is 0 Å². The van der Waals surface area contributed by atoms with Gasteiger partial charge in [0.25, 0.3) is 0 Å². The Morgan fingerprint density at radius 2 is 1.83 bits per heavy atom. The first kappa shape index (κ1) is 13.9. The van der Waals surface area contributed by atoms with E-state index in [0.29, 0.717) is 0 Å². The molecule has 0 radical (unpaired) electrons. The van der Waals surface area contributed by atoms with Crippen LogP contribution in [-0.4, -0.2) is 10.7 Å². The molecule has 0 aliphatic heterocycles. The Morgan fingerprint density at radius 3 is 2.44 bits per heavy atom. The Balaban J connectivity index is 2.09. The molecule has 0 spiro atoms. The van der Waals surface area contributed by atoms with Crippen LogP contribution in [0.1, 0.15) is 77.6 Å². The lowest BCUT2D eigenvalue weighted by Gasteiger charge is -2.40. The minimum Gasteiger partial charge on any atom is -0.388 e. The molecule has 2 atom stereocenters. The zero-order chi connectivity index (χ0) is 13.1. The van der Waals surface area contributed by atoms with E-state index in [0.717, 1.165) is 57.3 Å². The van der Waals surface area contributed by atoms with Crippen molar-refractivity contribution in [2.24, 2.45) is 11.3 Å².